The molecule has 0 atom stereocenters. The van der Waals surface area contributed by atoms with Crippen LogP contribution in [0.1, 0.15) is 5.56 Å². The van der Waals surface area contributed by atoms with Crippen LogP contribution in [0.2, 0.25) is 5.02 Å². The lowest BCUT2D eigenvalue weighted by atomic mass is 10.1. The Balaban J connectivity index is 2.14. The number of amides is 1. The molecule has 3 aromatic rings. The number of benzene rings is 2. The summed E-state index contributed by atoms with van der Waals surface area (Å²) in [7, 11) is 3.17. The molecule has 7 heteroatoms. The fourth-order valence-electron chi connectivity index (χ4n) is 2.73. The maximum absolute atomic E-state index is 12.5. The minimum absolute atomic E-state index is 0.109. The van der Waals surface area contributed by atoms with Crippen molar-refractivity contribution in [2.75, 3.05) is 14.2 Å². The predicted molar refractivity (Wildman–Crippen MR) is 107 cm³/mol. The summed E-state index contributed by atoms with van der Waals surface area (Å²) in [5.41, 5.74) is 1.48. The zero-order valence-electron chi connectivity index (χ0n) is 14.9. The number of halogens is 1. The van der Waals surface area contributed by atoms with Crippen molar-refractivity contribution >= 4 is 39.1 Å². The summed E-state index contributed by atoms with van der Waals surface area (Å²) in [6, 6.07) is 10.8. The van der Waals surface area contributed by atoms with Crippen LogP contribution < -0.4 is 14.3 Å². The van der Waals surface area contributed by atoms with Gasteiger partial charge in [0.25, 0.3) is 5.91 Å². The molecule has 0 saturated heterocycles. The van der Waals surface area contributed by atoms with Crippen LogP contribution in [-0.4, -0.2) is 24.7 Å². The van der Waals surface area contributed by atoms with E-state index in [1.807, 2.05) is 24.3 Å². The number of ether oxygens (including phenoxy) is 2. The molecule has 27 heavy (non-hydrogen) atoms. The monoisotopic (exact) mass is 400 g/mol. The number of rotatable bonds is 5. The molecule has 2 aromatic carbocycles. The van der Waals surface area contributed by atoms with E-state index in [0.717, 1.165) is 15.8 Å². The van der Waals surface area contributed by atoms with Crippen molar-refractivity contribution in [3.8, 4) is 23.8 Å². The van der Waals surface area contributed by atoms with Gasteiger partial charge >= 0.3 is 0 Å². The number of hydrogen-bond acceptors (Lipinski definition) is 4. The third kappa shape index (κ3) is 3.85. The number of carbonyl (C=O) groups is 1. The Bertz CT molecular complexity index is 1110. The lowest BCUT2D eigenvalue weighted by Gasteiger charge is -2.08. The molecule has 0 radical (unpaired) electrons. The van der Waals surface area contributed by atoms with E-state index in [-0.39, 0.29) is 18.9 Å². The molecule has 0 aliphatic rings. The summed E-state index contributed by atoms with van der Waals surface area (Å²) < 4.78 is 13.5. The van der Waals surface area contributed by atoms with Crippen molar-refractivity contribution in [3.63, 3.8) is 0 Å². The van der Waals surface area contributed by atoms with Crippen molar-refractivity contribution in [3.05, 3.63) is 51.8 Å². The van der Waals surface area contributed by atoms with Gasteiger partial charge in [-0.25, -0.2) is 0 Å². The second kappa shape index (κ2) is 8.30. The van der Waals surface area contributed by atoms with E-state index >= 15 is 0 Å². The van der Waals surface area contributed by atoms with Crippen LogP contribution in [0.5, 0.6) is 11.5 Å². The van der Waals surface area contributed by atoms with Gasteiger partial charge in [0, 0.05) is 5.02 Å². The minimum Gasteiger partial charge on any atom is -0.495 e. The summed E-state index contributed by atoms with van der Waals surface area (Å²) in [5, 5.41) is 0.539. The number of hydrogen-bond donors (Lipinski definition) is 0. The summed E-state index contributed by atoms with van der Waals surface area (Å²) in [6.07, 6.45) is 5.64. The van der Waals surface area contributed by atoms with Crippen LogP contribution >= 0.6 is 22.9 Å². The van der Waals surface area contributed by atoms with Gasteiger partial charge in [-0.2, -0.15) is 4.99 Å². The highest BCUT2D eigenvalue weighted by atomic mass is 35.5. The van der Waals surface area contributed by atoms with E-state index in [1.54, 1.807) is 30.9 Å². The number of fused-ring (bicyclic) bond motifs is 1. The average molecular weight is 401 g/mol. The third-order valence-corrected chi connectivity index (χ3v) is 5.42. The molecule has 0 bridgehead atoms. The van der Waals surface area contributed by atoms with Gasteiger partial charge in [0.1, 0.15) is 21.7 Å². The highest BCUT2D eigenvalue weighted by Gasteiger charge is 2.16. The Morgan fingerprint density at radius 1 is 1.22 bits per heavy atom. The molecule has 1 heterocycles. The molecule has 0 saturated carbocycles. The van der Waals surface area contributed by atoms with Gasteiger partial charge in [0.2, 0.25) is 0 Å². The first-order chi connectivity index (χ1) is 13.1. The molecule has 0 aliphatic heterocycles. The lowest BCUT2D eigenvalue weighted by Crippen LogP contribution is -2.17. The number of thiazole rings is 1. The smallest absolute Gasteiger partial charge is 0.252 e. The zero-order valence-corrected chi connectivity index (χ0v) is 16.4. The van der Waals surface area contributed by atoms with Crippen LogP contribution in [0.4, 0.5) is 0 Å². The van der Waals surface area contributed by atoms with Crippen LogP contribution in [0, 0.1) is 12.3 Å². The highest BCUT2D eigenvalue weighted by Crippen LogP contribution is 2.35. The van der Waals surface area contributed by atoms with E-state index in [4.69, 9.17) is 27.5 Å². The number of terminal acetylenes is 1. The Morgan fingerprint density at radius 3 is 2.59 bits per heavy atom. The van der Waals surface area contributed by atoms with Crippen LogP contribution in [0.3, 0.4) is 0 Å². The van der Waals surface area contributed by atoms with Gasteiger partial charge in [0.15, 0.2) is 4.80 Å². The number of aromatic nitrogens is 1. The fourth-order valence-corrected chi connectivity index (χ4v) is 4.09. The molecule has 0 N–H and O–H groups in total. The van der Waals surface area contributed by atoms with Crippen molar-refractivity contribution in [1.82, 2.24) is 4.57 Å². The van der Waals surface area contributed by atoms with Gasteiger partial charge in [-0.3, -0.25) is 4.79 Å². The lowest BCUT2D eigenvalue weighted by molar-refractivity contribution is -0.117. The SMILES string of the molecule is C#CCn1c(=NC(=O)Cc2ccccc2Cl)sc2c(OC)ccc(OC)c21. The molecule has 5 nitrogen and oxygen atoms in total. The number of methoxy groups -OCH3 is 2. The number of nitrogens with zero attached hydrogens (tertiary/aromatic N) is 2. The van der Waals surface area contributed by atoms with Gasteiger partial charge in [-0.1, -0.05) is 47.1 Å². The van der Waals surface area contributed by atoms with E-state index < -0.39 is 0 Å². The quantitative estimate of drug-likeness (QED) is 0.614. The van der Waals surface area contributed by atoms with Crippen molar-refractivity contribution in [1.29, 1.82) is 0 Å². The average Bonchev–Trinajstić information content (AvgIpc) is 3.01. The van der Waals surface area contributed by atoms with E-state index in [2.05, 4.69) is 10.9 Å². The van der Waals surface area contributed by atoms with Gasteiger partial charge < -0.3 is 14.0 Å². The van der Waals surface area contributed by atoms with Gasteiger partial charge in [-0.05, 0) is 23.8 Å². The Morgan fingerprint density at radius 2 is 1.93 bits per heavy atom. The highest BCUT2D eigenvalue weighted by molar-refractivity contribution is 7.16. The second-order valence-electron chi connectivity index (χ2n) is 5.60. The first kappa shape index (κ1) is 19.0. The third-order valence-electron chi connectivity index (χ3n) is 3.96. The summed E-state index contributed by atoms with van der Waals surface area (Å²) in [6.45, 7) is 0.252. The van der Waals surface area contributed by atoms with Crippen LogP contribution in [0.25, 0.3) is 10.2 Å². The normalized spacial score (nSPS) is 11.4. The molecule has 0 aliphatic carbocycles. The van der Waals surface area contributed by atoms with Crippen molar-refractivity contribution < 1.29 is 14.3 Å². The summed E-state index contributed by atoms with van der Waals surface area (Å²) in [5.74, 6) is 3.60. The molecule has 0 fully saturated rings. The Labute approximate surface area is 165 Å². The minimum atomic E-state index is -0.307. The molecular formula is C20H17ClN2O3S. The summed E-state index contributed by atoms with van der Waals surface area (Å²) in [4.78, 5) is 17.3. The molecular weight excluding hydrogens is 384 g/mol. The van der Waals surface area contributed by atoms with Crippen molar-refractivity contribution in [2.45, 2.75) is 13.0 Å². The summed E-state index contributed by atoms with van der Waals surface area (Å²) >= 11 is 7.47. The maximum Gasteiger partial charge on any atom is 0.252 e. The topological polar surface area (TPSA) is 52.8 Å². The van der Waals surface area contributed by atoms with Gasteiger partial charge in [-0.15, -0.1) is 6.42 Å². The standard InChI is InChI=1S/C20H17ClN2O3S/c1-4-11-23-18-15(25-2)9-10-16(26-3)19(18)27-20(23)22-17(24)12-13-7-5-6-8-14(13)21/h1,5-10H,11-12H2,2-3H3. The van der Waals surface area contributed by atoms with Crippen LogP contribution in [0.15, 0.2) is 41.4 Å². The second-order valence-corrected chi connectivity index (χ2v) is 6.98. The van der Waals surface area contributed by atoms with Gasteiger partial charge in [0.05, 0.1) is 27.2 Å². The molecule has 0 spiro atoms. The molecule has 3 rings (SSSR count). The fraction of sp³-hybridized carbons (Fsp3) is 0.200. The van der Waals surface area contributed by atoms with Crippen LogP contribution in [-0.2, 0) is 17.8 Å². The molecule has 1 amide bonds. The first-order valence-electron chi connectivity index (χ1n) is 8.07. The molecule has 0 unspecified atom stereocenters. The Kier molecular flexibility index (Phi) is 5.84. The maximum atomic E-state index is 12.5. The van der Waals surface area contributed by atoms with E-state index in [0.29, 0.717) is 21.3 Å². The zero-order chi connectivity index (χ0) is 19.4. The first-order valence-corrected chi connectivity index (χ1v) is 9.27. The van der Waals surface area contributed by atoms with E-state index in [9.17, 15) is 4.79 Å². The Hall–Kier alpha value is -2.75. The van der Waals surface area contributed by atoms with Crippen molar-refractivity contribution in [2.24, 2.45) is 4.99 Å². The predicted octanol–water partition coefficient (Wildman–Crippen LogP) is 3.68. The number of carbonyl (C=O) groups excluding carboxylic acids is 1. The molecule has 1 aromatic heterocycles. The molecule has 138 valence electrons. The van der Waals surface area contributed by atoms with E-state index in [1.165, 1.54) is 11.3 Å². The largest absolute Gasteiger partial charge is 0.495 e.